The van der Waals surface area contributed by atoms with Gasteiger partial charge in [-0.25, -0.2) is 0 Å². The van der Waals surface area contributed by atoms with Gasteiger partial charge in [-0.2, -0.15) is 11.3 Å². The number of carbonyl (C=O) groups excluding carboxylic acids is 1. The van der Waals surface area contributed by atoms with Crippen molar-refractivity contribution in [2.24, 2.45) is 0 Å². The Balaban J connectivity index is 1.48. The fraction of sp³-hybridized carbons (Fsp3) is 0.611. The van der Waals surface area contributed by atoms with E-state index in [1.54, 1.807) is 11.3 Å². The summed E-state index contributed by atoms with van der Waals surface area (Å²) in [5, 5.41) is 13.1. The van der Waals surface area contributed by atoms with Crippen molar-refractivity contribution in [2.75, 3.05) is 6.54 Å². The lowest BCUT2D eigenvalue weighted by atomic mass is 10.1. The van der Waals surface area contributed by atoms with E-state index in [9.17, 15) is 4.79 Å². The molecule has 0 radical (unpaired) electrons. The maximum atomic E-state index is 12.8. The third-order valence-corrected chi connectivity index (χ3v) is 5.95. The standard InChI is InChI=1S/C18H24N4OS/c23-17(8-7-14-9-12-24-13-14)21-11-4-5-15(21)18-20-19-16-6-2-1-3-10-22(16)18/h9,12-13,15H,1-8,10-11H2. The first-order valence-corrected chi connectivity index (χ1v) is 10.00. The molecule has 1 amide bonds. The molecular weight excluding hydrogens is 320 g/mol. The minimum Gasteiger partial charge on any atom is -0.332 e. The van der Waals surface area contributed by atoms with Crippen molar-refractivity contribution in [3.63, 3.8) is 0 Å². The largest absolute Gasteiger partial charge is 0.332 e. The first kappa shape index (κ1) is 15.8. The molecule has 128 valence electrons. The van der Waals surface area contributed by atoms with Crippen LogP contribution in [0.15, 0.2) is 16.8 Å². The minimum atomic E-state index is 0.124. The lowest BCUT2D eigenvalue weighted by molar-refractivity contribution is -0.132. The molecule has 2 aliphatic rings. The first-order valence-electron chi connectivity index (χ1n) is 9.05. The molecular formula is C18H24N4OS. The summed E-state index contributed by atoms with van der Waals surface area (Å²) >= 11 is 1.69. The molecule has 1 saturated heterocycles. The zero-order valence-electron chi connectivity index (χ0n) is 14.0. The van der Waals surface area contributed by atoms with E-state index in [2.05, 4.69) is 36.5 Å². The average molecular weight is 344 g/mol. The molecule has 0 saturated carbocycles. The van der Waals surface area contributed by atoms with E-state index in [-0.39, 0.29) is 11.9 Å². The SMILES string of the molecule is O=C(CCc1ccsc1)N1CCCC1c1nnc2n1CCCCC2. The number of hydrogen-bond donors (Lipinski definition) is 0. The van der Waals surface area contributed by atoms with E-state index in [4.69, 9.17) is 0 Å². The number of nitrogens with zero attached hydrogens (tertiary/aromatic N) is 4. The number of aryl methyl sites for hydroxylation is 2. The molecule has 1 atom stereocenters. The molecule has 0 bridgehead atoms. The van der Waals surface area contributed by atoms with Crippen LogP contribution < -0.4 is 0 Å². The van der Waals surface area contributed by atoms with Gasteiger partial charge in [-0.05, 0) is 54.5 Å². The highest BCUT2D eigenvalue weighted by atomic mass is 32.1. The van der Waals surface area contributed by atoms with Gasteiger partial charge in [0.25, 0.3) is 0 Å². The van der Waals surface area contributed by atoms with Crippen molar-refractivity contribution in [1.82, 2.24) is 19.7 Å². The van der Waals surface area contributed by atoms with Gasteiger partial charge in [0.05, 0.1) is 6.04 Å². The molecule has 2 aromatic rings. The molecule has 0 N–H and O–H groups in total. The van der Waals surface area contributed by atoms with Gasteiger partial charge in [-0.1, -0.05) is 6.42 Å². The number of carbonyl (C=O) groups is 1. The highest BCUT2D eigenvalue weighted by Crippen LogP contribution is 2.33. The van der Waals surface area contributed by atoms with Crippen LogP contribution in [0.3, 0.4) is 0 Å². The molecule has 0 aliphatic carbocycles. The van der Waals surface area contributed by atoms with E-state index >= 15 is 0 Å². The summed E-state index contributed by atoms with van der Waals surface area (Å²) in [7, 11) is 0. The van der Waals surface area contributed by atoms with Crippen LogP contribution in [0.1, 0.15) is 61.8 Å². The Morgan fingerprint density at radius 3 is 3.04 bits per heavy atom. The minimum absolute atomic E-state index is 0.124. The molecule has 0 aromatic carbocycles. The Morgan fingerprint density at radius 1 is 1.21 bits per heavy atom. The summed E-state index contributed by atoms with van der Waals surface area (Å²) in [6, 6.07) is 2.23. The molecule has 1 fully saturated rings. The summed E-state index contributed by atoms with van der Waals surface area (Å²) < 4.78 is 2.29. The Kier molecular flexibility index (Phi) is 4.65. The average Bonchev–Trinajstić information content (AvgIpc) is 3.31. The van der Waals surface area contributed by atoms with Crippen molar-refractivity contribution in [3.8, 4) is 0 Å². The molecule has 2 aromatic heterocycles. The molecule has 5 nitrogen and oxygen atoms in total. The number of likely N-dealkylation sites (tertiary alicyclic amines) is 1. The lowest BCUT2D eigenvalue weighted by Crippen LogP contribution is -2.32. The number of fused-ring (bicyclic) bond motifs is 1. The van der Waals surface area contributed by atoms with Crippen molar-refractivity contribution in [3.05, 3.63) is 34.0 Å². The van der Waals surface area contributed by atoms with E-state index in [0.29, 0.717) is 6.42 Å². The van der Waals surface area contributed by atoms with E-state index in [1.165, 1.54) is 24.8 Å². The number of rotatable bonds is 4. The third-order valence-electron chi connectivity index (χ3n) is 5.22. The van der Waals surface area contributed by atoms with E-state index in [1.807, 2.05) is 0 Å². The van der Waals surface area contributed by atoms with Gasteiger partial charge in [0.15, 0.2) is 5.82 Å². The fourth-order valence-corrected chi connectivity index (χ4v) is 4.62. The van der Waals surface area contributed by atoms with Crippen LogP contribution in [0.2, 0.25) is 0 Å². The molecule has 1 unspecified atom stereocenters. The predicted octanol–water partition coefficient (Wildman–Crippen LogP) is 3.36. The molecule has 4 heterocycles. The molecule has 24 heavy (non-hydrogen) atoms. The van der Waals surface area contributed by atoms with Gasteiger partial charge in [0.1, 0.15) is 5.82 Å². The van der Waals surface area contributed by atoms with Gasteiger partial charge in [0, 0.05) is 25.9 Å². The quantitative estimate of drug-likeness (QED) is 0.854. The summed E-state index contributed by atoms with van der Waals surface area (Å²) in [6.45, 7) is 1.86. The van der Waals surface area contributed by atoms with Crippen molar-refractivity contribution in [1.29, 1.82) is 0 Å². The zero-order valence-corrected chi connectivity index (χ0v) is 14.8. The second-order valence-electron chi connectivity index (χ2n) is 6.81. The Bertz CT molecular complexity index is 694. The van der Waals surface area contributed by atoms with Crippen LogP contribution in [0, 0.1) is 0 Å². The topological polar surface area (TPSA) is 51.0 Å². The van der Waals surface area contributed by atoms with Gasteiger partial charge < -0.3 is 9.47 Å². The summed E-state index contributed by atoms with van der Waals surface area (Å²) in [5.74, 6) is 2.39. The zero-order chi connectivity index (χ0) is 16.4. The van der Waals surface area contributed by atoms with Crippen molar-refractivity contribution >= 4 is 17.2 Å². The fourth-order valence-electron chi connectivity index (χ4n) is 3.92. The Labute approximate surface area is 146 Å². The monoisotopic (exact) mass is 344 g/mol. The molecule has 0 spiro atoms. The van der Waals surface area contributed by atoms with Crippen LogP contribution in [-0.4, -0.2) is 32.1 Å². The summed E-state index contributed by atoms with van der Waals surface area (Å²) in [5.41, 5.74) is 1.26. The molecule has 2 aliphatic heterocycles. The van der Waals surface area contributed by atoms with Gasteiger partial charge in [-0.15, -0.1) is 10.2 Å². The normalized spacial score (nSPS) is 20.8. The highest BCUT2D eigenvalue weighted by Gasteiger charge is 2.34. The molecule has 6 heteroatoms. The Hall–Kier alpha value is -1.69. The first-order chi connectivity index (χ1) is 11.8. The predicted molar refractivity (Wildman–Crippen MR) is 93.9 cm³/mol. The smallest absolute Gasteiger partial charge is 0.223 e. The summed E-state index contributed by atoms with van der Waals surface area (Å²) in [4.78, 5) is 14.8. The van der Waals surface area contributed by atoms with Gasteiger partial charge in [-0.3, -0.25) is 4.79 Å². The van der Waals surface area contributed by atoms with Crippen LogP contribution in [0.5, 0.6) is 0 Å². The van der Waals surface area contributed by atoms with Crippen molar-refractivity contribution < 1.29 is 4.79 Å². The molecule has 4 rings (SSSR count). The van der Waals surface area contributed by atoms with Crippen LogP contribution >= 0.6 is 11.3 Å². The maximum absolute atomic E-state index is 12.8. The van der Waals surface area contributed by atoms with Crippen LogP contribution in [0.4, 0.5) is 0 Å². The second kappa shape index (κ2) is 7.05. The number of aromatic nitrogens is 3. The Morgan fingerprint density at radius 2 is 2.17 bits per heavy atom. The number of amides is 1. The van der Waals surface area contributed by atoms with E-state index < -0.39 is 0 Å². The third kappa shape index (κ3) is 3.11. The van der Waals surface area contributed by atoms with Gasteiger partial charge in [0.2, 0.25) is 5.91 Å². The summed E-state index contributed by atoms with van der Waals surface area (Å²) in [6.07, 6.45) is 8.18. The lowest BCUT2D eigenvalue weighted by Gasteiger charge is -2.24. The maximum Gasteiger partial charge on any atom is 0.223 e. The van der Waals surface area contributed by atoms with E-state index in [0.717, 1.165) is 50.4 Å². The number of thiophene rings is 1. The highest BCUT2D eigenvalue weighted by molar-refractivity contribution is 7.07. The second-order valence-corrected chi connectivity index (χ2v) is 7.59. The van der Waals surface area contributed by atoms with Crippen LogP contribution in [-0.2, 0) is 24.2 Å². The van der Waals surface area contributed by atoms with Crippen LogP contribution in [0.25, 0.3) is 0 Å². The van der Waals surface area contributed by atoms with Crippen molar-refractivity contribution in [2.45, 2.75) is 64.0 Å². The number of hydrogen-bond acceptors (Lipinski definition) is 4. The van der Waals surface area contributed by atoms with Gasteiger partial charge >= 0.3 is 0 Å².